The van der Waals surface area contributed by atoms with E-state index in [4.69, 9.17) is 0 Å². The van der Waals surface area contributed by atoms with Crippen LogP contribution in [0.15, 0.2) is 41.4 Å². The van der Waals surface area contributed by atoms with Crippen molar-refractivity contribution in [2.75, 3.05) is 6.54 Å². The highest BCUT2D eigenvalue weighted by atomic mass is 32.2. The van der Waals surface area contributed by atoms with Crippen molar-refractivity contribution < 1.29 is 18.1 Å². The topological polar surface area (TPSA) is 110 Å². The summed E-state index contributed by atoms with van der Waals surface area (Å²) >= 11 is 0. The second-order valence-corrected chi connectivity index (χ2v) is 7.77. The Hall–Kier alpha value is -2.26. The molecule has 0 fully saturated rings. The molecule has 0 radical (unpaired) electrons. The molecule has 24 heavy (non-hydrogen) atoms. The Balaban J connectivity index is 2.41. The maximum absolute atomic E-state index is 12.9. The van der Waals surface area contributed by atoms with E-state index in [0.717, 1.165) is 16.4 Å². The fraction of sp³-hybridized carbons (Fsp3) is 0.400. The molecule has 1 aromatic rings. The molecular formula is C15H19N3O5S. The van der Waals surface area contributed by atoms with Crippen LogP contribution in [0.2, 0.25) is 0 Å². The number of benzene rings is 1. The number of carbonyl (C=O) groups excluding carboxylic acids is 1. The number of hydrogen-bond acceptors (Lipinski definition) is 5. The van der Waals surface area contributed by atoms with Gasteiger partial charge in [0.2, 0.25) is 15.9 Å². The Bertz CT molecular complexity index is 756. The van der Waals surface area contributed by atoms with Crippen LogP contribution in [0, 0.1) is 16.0 Å². The summed E-state index contributed by atoms with van der Waals surface area (Å²) in [6.07, 6.45) is 3.36. The molecule has 1 aliphatic heterocycles. The molecule has 0 saturated carbocycles. The molecule has 1 amide bonds. The lowest BCUT2D eigenvalue weighted by atomic mass is 10.0. The smallest absolute Gasteiger partial charge is 0.269 e. The number of carbonyl (C=O) groups is 1. The van der Waals surface area contributed by atoms with Crippen LogP contribution in [0.3, 0.4) is 0 Å². The van der Waals surface area contributed by atoms with Crippen LogP contribution in [0.1, 0.15) is 20.3 Å². The molecule has 0 saturated heterocycles. The van der Waals surface area contributed by atoms with Gasteiger partial charge in [0.25, 0.3) is 5.69 Å². The zero-order chi connectivity index (χ0) is 17.9. The minimum Gasteiger partial charge on any atom is -0.332 e. The van der Waals surface area contributed by atoms with Gasteiger partial charge in [-0.1, -0.05) is 19.9 Å². The minimum absolute atomic E-state index is 0.0510. The van der Waals surface area contributed by atoms with Crippen LogP contribution in [0.5, 0.6) is 0 Å². The van der Waals surface area contributed by atoms with E-state index in [1.807, 2.05) is 13.8 Å². The Kier molecular flexibility index (Phi) is 5.35. The first-order valence-corrected chi connectivity index (χ1v) is 8.89. The van der Waals surface area contributed by atoms with Gasteiger partial charge in [-0.3, -0.25) is 14.9 Å². The molecule has 0 unspecified atom stereocenters. The van der Waals surface area contributed by atoms with Crippen LogP contribution in [-0.4, -0.2) is 36.1 Å². The van der Waals surface area contributed by atoms with Crippen molar-refractivity contribution in [1.82, 2.24) is 9.62 Å². The average molecular weight is 353 g/mol. The predicted molar refractivity (Wildman–Crippen MR) is 87.5 cm³/mol. The van der Waals surface area contributed by atoms with E-state index in [0.29, 0.717) is 6.42 Å². The van der Waals surface area contributed by atoms with Crippen molar-refractivity contribution in [3.05, 3.63) is 46.7 Å². The van der Waals surface area contributed by atoms with E-state index < -0.39 is 21.0 Å². The highest BCUT2D eigenvalue weighted by Crippen LogP contribution is 2.24. The molecule has 1 atom stereocenters. The van der Waals surface area contributed by atoms with Crippen LogP contribution in [0.25, 0.3) is 0 Å². The summed E-state index contributed by atoms with van der Waals surface area (Å²) in [4.78, 5) is 22.3. The number of rotatable bonds is 5. The highest BCUT2D eigenvalue weighted by Gasteiger charge is 2.36. The number of nitrogens with one attached hydrogen (secondary N) is 1. The third-order valence-corrected chi connectivity index (χ3v) is 5.52. The van der Waals surface area contributed by atoms with Gasteiger partial charge in [0, 0.05) is 24.9 Å². The summed E-state index contributed by atoms with van der Waals surface area (Å²) in [5.74, 6) is -0.267. The maximum Gasteiger partial charge on any atom is 0.269 e. The Morgan fingerprint density at radius 2 is 1.96 bits per heavy atom. The summed E-state index contributed by atoms with van der Waals surface area (Å²) in [5, 5.41) is 13.3. The lowest BCUT2D eigenvalue weighted by molar-refractivity contribution is -0.384. The fourth-order valence-electron chi connectivity index (χ4n) is 2.46. The lowest BCUT2D eigenvalue weighted by Crippen LogP contribution is -2.47. The summed E-state index contributed by atoms with van der Waals surface area (Å²) < 4.78 is 26.9. The van der Waals surface area contributed by atoms with Gasteiger partial charge in [-0.25, -0.2) is 8.42 Å². The first-order valence-electron chi connectivity index (χ1n) is 7.45. The molecule has 0 bridgehead atoms. The minimum atomic E-state index is -3.96. The van der Waals surface area contributed by atoms with E-state index in [-0.39, 0.29) is 29.0 Å². The zero-order valence-corrected chi connectivity index (χ0v) is 14.2. The van der Waals surface area contributed by atoms with Crippen molar-refractivity contribution in [1.29, 1.82) is 0 Å². The summed E-state index contributed by atoms with van der Waals surface area (Å²) in [6.45, 7) is 3.86. The Morgan fingerprint density at radius 1 is 1.33 bits per heavy atom. The molecule has 0 aliphatic carbocycles. The normalized spacial score (nSPS) is 19.1. The standard InChI is InChI=1S/C15H19N3O5S/c1-11(2)10-14-15(19)16-8-3-9-17(14)24(22,23)13-6-4-12(5-7-13)18(20)21/h3-8,11,14H,9-10H2,1-2H3,(H,16,19)/t14-/m0/s1. The number of nitro benzene ring substituents is 1. The molecule has 1 N–H and O–H groups in total. The van der Waals surface area contributed by atoms with E-state index in [2.05, 4.69) is 5.32 Å². The van der Waals surface area contributed by atoms with Gasteiger partial charge in [0.1, 0.15) is 6.04 Å². The van der Waals surface area contributed by atoms with Crippen LogP contribution in [0.4, 0.5) is 5.69 Å². The second kappa shape index (κ2) is 7.10. The molecule has 9 heteroatoms. The monoisotopic (exact) mass is 353 g/mol. The number of non-ortho nitro benzene ring substituents is 1. The van der Waals surface area contributed by atoms with Gasteiger partial charge < -0.3 is 5.32 Å². The molecule has 1 aliphatic rings. The predicted octanol–water partition coefficient (Wildman–Crippen LogP) is 1.64. The number of sulfonamides is 1. The van der Waals surface area contributed by atoms with Crippen LogP contribution < -0.4 is 5.32 Å². The van der Waals surface area contributed by atoms with Gasteiger partial charge in [0.15, 0.2) is 0 Å². The number of amides is 1. The second-order valence-electron chi connectivity index (χ2n) is 5.88. The molecule has 1 aromatic carbocycles. The van der Waals surface area contributed by atoms with Gasteiger partial charge in [0.05, 0.1) is 9.82 Å². The molecule has 130 valence electrons. The van der Waals surface area contributed by atoms with Gasteiger partial charge in [-0.2, -0.15) is 4.31 Å². The van der Waals surface area contributed by atoms with E-state index >= 15 is 0 Å². The third kappa shape index (κ3) is 3.80. The molecule has 0 aromatic heterocycles. The van der Waals surface area contributed by atoms with Crippen LogP contribution in [-0.2, 0) is 14.8 Å². The van der Waals surface area contributed by atoms with Crippen molar-refractivity contribution in [2.24, 2.45) is 5.92 Å². The summed E-state index contributed by atoms with van der Waals surface area (Å²) in [5.41, 5.74) is -0.193. The quantitative estimate of drug-likeness (QED) is 0.639. The largest absolute Gasteiger partial charge is 0.332 e. The molecule has 0 spiro atoms. The Morgan fingerprint density at radius 3 is 2.50 bits per heavy atom. The third-order valence-electron chi connectivity index (χ3n) is 3.63. The van der Waals surface area contributed by atoms with E-state index in [1.54, 1.807) is 6.08 Å². The maximum atomic E-state index is 12.9. The van der Waals surface area contributed by atoms with Crippen molar-refractivity contribution >= 4 is 21.6 Å². The van der Waals surface area contributed by atoms with Crippen molar-refractivity contribution in [3.8, 4) is 0 Å². The van der Waals surface area contributed by atoms with E-state index in [9.17, 15) is 23.3 Å². The summed E-state index contributed by atoms with van der Waals surface area (Å²) in [6, 6.07) is 3.81. The lowest BCUT2D eigenvalue weighted by Gasteiger charge is -2.28. The highest BCUT2D eigenvalue weighted by molar-refractivity contribution is 7.89. The van der Waals surface area contributed by atoms with Gasteiger partial charge in [-0.15, -0.1) is 0 Å². The Labute approximate surface area is 140 Å². The van der Waals surface area contributed by atoms with E-state index in [1.165, 1.54) is 18.3 Å². The number of nitro groups is 1. The fourth-order valence-corrected chi connectivity index (χ4v) is 4.01. The van der Waals surface area contributed by atoms with Crippen molar-refractivity contribution in [3.63, 3.8) is 0 Å². The molecule has 8 nitrogen and oxygen atoms in total. The molecule has 1 heterocycles. The van der Waals surface area contributed by atoms with Gasteiger partial charge >= 0.3 is 0 Å². The first-order chi connectivity index (χ1) is 11.2. The van der Waals surface area contributed by atoms with Gasteiger partial charge in [-0.05, 0) is 24.5 Å². The SMILES string of the molecule is CC(C)C[C@H]1C(=O)NC=CCN1S(=O)(=O)c1ccc([N+](=O)[O-])cc1. The first kappa shape index (κ1) is 18.1. The zero-order valence-electron chi connectivity index (χ0n) is 13.4. The number of nitrogens with zero attached hydrogens (tertiary/aromatic N) is 2. The van der Waals surface area contributed by atoms with Crippen LogP contribution >= 0.6 is 0 Å². The average Bonchev–Trinajstić information content (AvgIpc) is 2.70. The van der Waals surface area contributed by atoms with Crippen molar-refractivity contribution in [2.45, 2.75) is 31.2 Å². The molecule has 2 rings (SSSR count). The molecular weight excluding hydrogens is 334 g/mol. The number of hydrogen-bond donors (Lipinski definition) is 1. The summed E-state index contributed by atoms with van der Waals surface area (Å²) in [7, 11) is -3.96.